The highest BCUT2D eigenvalue weighted by Gasteiger charge is 2.12. The standard InChI is InChI=1S/C14H22FNS/c1-5-16-9-12-8-13(15)6-7-14(12)17-11(4)10(2)3/h6-8,10-11,16H,5,9H2,1-4H3. The minimum atomic E-state index is -0.153. The van der Waals surface area contributed by atoms with E-state index < -0.39 is 0 Å². The average Bonchev–Trinajstić information content (AvgIpc) is 2.29. The topological polar surface area (TPSA) is 12.0 Å². The monoisotopic (exact) mass is 255 g/mol. The average molecular weight is 255 g/mol. The third-order valence-corrected chi connectivity index (χ3v) is 4.41. The molecule has 1 rings (SSSR count). The molecule has 0 aliphatic heterocycles. The van der Waals surface area contributed by atoms with Crippen molar-refractivity contribution in [1.29, 1.82) is 0 Å². The highest BCUT2D eigenvalue weighted by Crippen LogP contribution is 2.30. The van der Waals surface area contributed by atoms with Crippen LogP contribution in [0, 0.1) is 11.7 Å². The Morgan fingerprint density at radius 3 is 2.59 bits per heavy atom. The summed E-state index contributed by atoms with van der Waals surface area (Å²) < 4.78 is 13.2. The van der Waals surface area contributed by atoms with Gasteiger partial charge in [0.2, 0.25) is 0 Å². The fourth-order valence-electron chi connectivity index (χ4n) is 1.40. The number of benzene rings is 1. The molecular weight excluding hydrogens is 233 g/mol. The van der Waals surface area contributed by atoms with E-state index in [2.05, 4.69) is 33.0 Å². The Kier molecular flexibility index (Phi) is 6.00. The first-order valence-electron chi connectivity index (χ1n) is 6.20. The van der Waals surface area contributed by atoms with E-state index in [-0.39, 0.29) is 5.82 Å². The van der Waals surface area contributed by atoms with Gasteiger partial charge in [-0.05, 0) is 36.2 Å². The van der Waals surface area contributed by atoms with Crippen molar-refractivity contribution in [2.24, 2.45) is 5.92 Å². The number of thioether (sulfide) groups is 1. The Bertz CT molecular complexity index is 352. The van der Waals surface area contributed by atoms with Crippen LogP contribution in [0.1, 0.15) is 33.3 Å². The number of rotatable bonds is 6. The summed E-state index contributed by atoms with van der Waals surface area (Å²) in [6.07, 6.45) is 0. The Labute approximate surface area is 108 Å². The predicted molar refractivity (Wildman–Crippen MR) is 73.9 cm³/mol. The van der Waals surface area contributed by atoms with Crippen LogP contribution in [-0.4, -0.2) is 11.8 Å². The van der Waals surface area contributed by atoms with Crippen molar-refractivity contribution in [2.45, 2.75) is 44.4 Å². The van der Waals surface area contributed by atoms with E-state index in [1.807, 2.05) is 17.8 Å². The first kappa shape index (κ1) is 14.5. The van der Waals surface area contributed by atoms with Gasteiger partial charge in [-0.15, -0.1) is 11.8 Å². The highest BCUT2D eigenvalue weighted by molar-refractivity contribution is 8.00. The van der Waals surface area contributed by atoms with Crippen molar-refractivity contribution in [2.75, 3.05) is 6.54 Å². The Hall–Kier alpha value is -0.540. The van der Waals surface area contributed by atoms with Crippen LogP contribution >= 0.6 is 11.8 Å². The van der Waals surface area contributed by atoms with E-state index in [9.17, 15) is 4.39 Å². The van der Waals surface area contributed by atoms with Crippen molar-refractivity contribution in [3.8, 4) is 0 Å². The molecule has 0 radical (unpaired) electrons. The number of nitrogens with one attached hydrogen (secondary N) is 1. The molecule has 0 aromatic heterocycles. The van der Waals surface area contributed by atoms with Crippen LogP contribution < -0.4 is 5.32 Å². The van der Waals surface area contributed by atoms with E-state index in [1.165, 1.54) is 4.90 Å². The molecule has 0 aliphatic carbocycles. The van der Waals surface area contributed by atoms with Crippen molar-refractivity contribution in [3.05, 3.63) is 29.6 Å². The number of hydrogen-bond donors (Lipinski definition) is 1. The molecule has 0 saturated carbocycles. The van der Waals surface area contributed by atoms with Crippen LogP contribution in [0.3, 0.4) is 0 Å². The van der Waals surface area contributed by atoms with E-state index in [0.29, 0.717) is 11.2 Å². The summed E-state index contributed by atoms with van der Waals surface area (Å²) >= 11 is 1.83. The van der Waals surface area contributed by atoms with E-state index in [4.69, 9.17) is 0 Å². The molecule has 1 aromatic rings. The molecule has 0 aliphatic rings. The van der Waals surface area contributed by atoms with Crippen LogP contribution in [0.2, 0.25) is 0 Å². The maximum atomic E-state index is 13.2. The molecule has 0 spiro atoms. The van der Waals surface area contributed by atoms with E-state index in [0.717, 1.165) is 18.7 Å². The lowest BCUT2D eigenvalue weighted by Gasteiger charge is -2.17. The molecule has 17 heavy (non-hydrogen) atoms. The zero-order valence-corrected chi connectivity index (χ0v) is 11.9. The van der Waals surface area contributed by atoms with Crippen molar-refractivity contribution in [3.63, 3.8) is 0 Å². The maximum Gasteiger partial charge on any atom is 0.123 e. The number of halogens is 1. The molecule has 0 heterocycles. The van der Waals surface area contributed by atoms with Gasteiger partial charge in [0.25, 0.3) is 0 Å². The van der Waals surface area contributed by atoms with Crippen LogP contribution in [0.5, 0.6) is 0 Å². The molecule has 96 valence electrons. The van der Waals surface area contributed by atoms with Crippen LogP contribution in [0.4, 0.5) is 4.39 Å². The maximum absolute atomic E-state index is 13.2. The smallest absolute Gasteiger partial charge is 0.123 e. The number of hydrogen-bond acceptors (Lipinski definition) is 2. The SMILES string of the molecule is CCNCc1cc(F)ccc1SC(C)C(C)C. The van der Waals surface area contributed by atoms with Gasteiger partial charge in [0, 0.05) is 16.7 Å². The predicted octanol–water partition coefficient (Wildman–Crippen LogP) is 4.07. The summed E-state index contributed by atoms with van der Waals surface area (Å²) in [5.41, 5.74) is 1.06. The second kappa shape index (κ2) is 7.02. The van der Waals surface area contributed by atoms with Gasteiger partial charge in [0.05, 0.1) is 0 Å². The lowest BCUT2D eigenvalue weighted by molar-refractivity contribution is 0.618. The second-order valence-corrected chi connectivity index (χ2v) is 6.02. The molecule has 3 heteroatoms. The van der Waals surface area contributed by atoms with Gasteiger partial charge in [-0.2, -0.15) is 0 Å². The lowest BCUT2D eigenvalue weighted by atomic mass is 10.2. The minimum Gasteiger partial charge on any atom is -0.313 e. The summed E-state index contributed by atoms with van der Waals surface area (Å²) in [6, 6.07) is 5.08. The summed E-state index contributed by atoms with van der Waals surface area (Å²) in [6.45, 7) is 10.3. The molecule has 0 saturated heterocycles. The molecule has 0 amide bonds. The van der Waals surface area contributed by atoms with Gasteiger partial charge in [0.15, 0.2) is 0 Å². The zero-order valence-electron chi connectivity index (χ0n) is 11.1. The molecular formula is C14H22FNS. The van der Waals surface area contributed by atoms with Gasteiger partial charge >= 0.3 is 0 Å². The molecule has 1 unspecified atom stereocenters. The van der Waals surface area contributed by atoms with Gasteiger partial charge < -0.3 is 5.32 Å². The van der Waals surface area contributed by atoms with Crippen LogP contribution in [-0.2, 0) is 6.54 Å². The van der Waals surface area contributed by atoms with E-state index in [1.54, 1.807) is 12.1 Å². The third-order valence-electron chi connectivity index (χ3n) is 2.84. The first-order chi connectivity index (χ1) is 8.04. The molecule has 0 bridgehead atoms. The fraction of sp³-hybridized carbons (Fsp3) is 0.571. The summed E-state index contributed by atoms with van der Waals surface area (Å²) in [7, 11) is 0. The van der Waals surface area contributed by atoms with Gasteiger partial charge in [-0.3, -0.25) is 0 Å². The Balaban J connectivity index is 2.82. The minimum absolute atomic E-state index is 0.153. The Morgan fingerprint density at radius 1 is 1.29 bits per heavy atom. The Morgan fingerprint density at radius 2 is 2.00 bits per heavy atom. The second-order valence-electron chi connectivity index (χ2n) is 4.60. The molecule has 1 aromatic carbocycles. The van der Waals surface area contributed by atoms with Gasteiger partial charge in [0.1, 0.15) is 5.82 Å². The largest absolute Gasteiger partial charge is 0.313 e. The zero-order chi connectivity index (χ0) is 12.8. The lowest BCUT2D eigenvalue weighted by Crippen LogP contribution is -2.13. The van der Waals surface area contributed by atoms with Crippen LogP contribution in [0.25, 0.3) is 0 Å². The molecule has 1 N–H and O–H groups in total. The first-order valence-corrected chi connectivity index (χ1v) is 7.08. The summed E-state index contributed by atoms with van der Waals surface area (Å²) in [4.78, 5) is 1.19. The van der Waals surface area contributed by atoms with Crippen molar-refractivity contribution in [1.82, 2.24) is 5.32 Å². The molecule has 1 nitrogen and oxygen atoms in total. The van der Waals surface area contributed by atoms with Gasteiger partial charge in [-0.1, -0.05) is 27.7 Å². The quantitative estimate of drug-likeness (QED) is 0.769. The summed E-state index contributed by atoms with van der Waals surface area (Å²) in [5, 5.41) is 3.80. The van der Waals surface area contributed by atoms with Gasteiger partial charge in [-0.25, -0.2) is 4.39 Å². The van der Waals surface area contributed by atoms with Crippen molar-refractivity contribution >= 4 is 11.8 Å². The third kappa shape index (κ3) is 4.68. The highest BCUT2D eigenvalue weighted by atomic mass is 32.2. The fourth-order valence-corrected chi connectivity index (χ4v) is 2.50. The van der Waals surface area contributed by atoms with Crippen molar-refractivity contribution < 1.29 is 4.39 Å². The van der Waals surface area contributed by atoms with Crippen LogP contribution in [0.15, 0.2) is 23.1 Å². The van der Waals surface area contributed by atoms with E-state index >= 15 is 0 Å². The normalized spacial score (nSPS) is 13.1. The summed E-state index contributed by atoms with van der Waals surface area (Å²) in [5.74, 6) is 0.469. The molecule has 0 fully saturated rings. The molecule has 1 atom stereocenters.